The fraction of sp³-hybridized carbons (Fsp3) is 0.241. The normalized spacial score (nSPS) is 17.2. The fourth-order valence-electron chi connectivity index (χ4n) is 4.68. The molecular weight excluding hydrogens is 480 g/mol. The lowest BCUT2D eigenvalue weighted by Crippen LogP contribution is -2.30. The topological polar surface area (TPSA) is 75.1 Å². The number of benzene rings is 1. The summed E-state index contributed by atoms with van der Waals surface area (Å²) in [5.41, 5.74) is 5.88. The van der Waals surface area contributed by atoms with E-state index in [0.29, 0.717) is 11.7 Å². The van der Waals surface area contributed by atoms with Gasteiger partial charge in [0.1, 0.15) is 6.04 Å². The van der Waals surface area contributed by atoms with E-state index >= 15 is 0 Å². The van der Waals surface area contributed by atoms with Crippen LogP contribution in [0.3, 0.4) is 0 Å². The fourth-order valence-corrected chi connectivity index (χ4v) is 5.02. The minimum atomic E-state index is -0.142. The number of aromatic nitrogens is 3. The van der Waals surface area contributed by atoms with E-state index in [1.807, 2.05) is 69.6 Å². The molecule has 1 saturated heterocycles. The molecule has 188 valence electrons. The molecule has 2 N–H and O–H groups in total. The average Bonchev–Trinajstić information content (AvgIpc) is 3.49. The summed E-state index contributed by atoms with van der Waals surface area (Å²) < 4.78 is 2.24. The number of rotatable bonds is 7. The number of carbonyl (C=O) groups is 1. The van der Waals surface area contributed by atoms with Gasteiger partial charge in [-0.1, -0.05) is 26.0 Å². The third-order valence-corrected chi connectivity index (χ3v) is 6.93. The number of nitrogens with one attached hydrogen (secondary N) is 2. The predicted octanol–water partition coefficient (Wildman–Crippen LogP) is 5.41. The van der Waals surface area contributed by atoms with Gasteiger partial charge in [-0.05, 0) is 78.8 Å². The summed E-state index contributed by atoms with van der Waals surface area (Å²) >= 11 is 5.90. The average molecular weight is 511 g/mol. The number of carbonyl (C=O) groups excluding carboxylic acids is 1. The van der Waals surface area contributed by atoms with Crippen LogP contribution in [0.25, 0.3) is 0 Å². The number of amides is 1. The molecule has 8 heteroatoms. The minimum absolute atomic E-state index is 0.00414. The first-order valence-corrected chi connectivity index (χ1v) is 12.8. The Kier molecular flexibility index (Phi) is 7.01. The molecule has 7 nitrogen and oxygen atoms in total. The molecule has 1 fully saturated rings. The molecule has 2 atom stereocenters. The van der Waals surface area contributed by atoms with Crippen LogP contribution in [-0.4, -0.2) is 25.6 Å². The van der Waals surface area contributed by atoms with Crippen molar-refractivity contribution in [2.45, 2.75) is 39.4 Å². The van der Waals surface area contributed by atoms with Gasteiger partial charge in [0, 0.05) is 54.3 Å². The van der Waals surface area contributed by atoms with Crippen LogP contribution in [0.4, 0.5) is 11.4 Å². The summed E-state index contributed by atoms with van der Waals surface area (Å²) in [6, 6.07) is 20.0. The van der Waals surface area contributed by atoms with E-state index in [4.69, 9.17) is 12.2 Å². The van der Waals surface area contributed by atoms with Crippen LogP contribution in [0.15, 0.2) is 85.5 Å². The van der Waals surface area contributed by atoms with Crippen molar-refractivity contribution in [3.05, 3.63) is 108 Å². The van der Waals surface area contributed by atoms with Gasteiger partial charge in [-0.3, -0.25) is 14.8 Å². The van der Waals surface area contributed by atoms with Crippen LogP contribution in [-0.2, 0) is 11.3 Å². The van der Waals surface area contributed by atoms with Crippen molar-refractivity contribution in [1.82, 2.24) is 19.9 Å². The third-order valence-electron chi connectivity index (χ3n) is 6.61. The molecule has 0 unspecified atom stereocenters. The Morgan fingerprint density at radius 2 is 1.97 bits per heavy atom. The maximum atomic E-state index is 12.3. The second kappa shape index (κ2) is 10.5. The maximum absolute atomic E-state index is 12.3. The summed E-state index contributed by atoms with van der Waals surface area (Å²) in [4.78, 5) is 23.4. The molecule has 0 aliphatic carbocycles. The largest absolute Gasteiger partial charge is 0.351 e. The lowest BCUT2D eigenvalue weighted by atomic mass is 10.00. The molecule has 1 aromatic carbocycles. The number of hydrogen-bond donors (Lipinski definition) is 2. The zero-order valence-electron chi connectivity index (χ0n) is 21.1. The highest BCUT2D eigenvalue weighted by Gasteiger charge is 2.42. The predicted molar refractivity (Wildman–Crippen MR) is 150 cm³/mol. The Morgan fingerprint density at radius 3 is 2.68 bits per heavy atom. The van der Waals surface area contributed by atoms with Crippen LogP contribution in [0.5, 0.6) is 0 Å². The zero-order chi connectivity index (χ0) is 25.9. The number of anilines is 2. The van der Waals surface area contributed by atoms with Crippen molar-refractivity contribution in [3.63, 3.8) is 0 Å². The Balaban J connectivity index is 1.55. The van der Waals surface area contributed by atoms with E-state index in [0.717, 1.165) is 33.9 Å². The summed E-state index contributed by atoms with van der Waals surface area (Å²) in [5.74, 6) is -0.0962. The Morgan fingerprint density at radius 1 is 1.11 bits per heavy atom. The number of aryl methyl sites for hydroxylation is 1. The monoisotopic (exact) mass is 510 g/mol. The third kappa shape index (κ3) is 5.11. The van der Waals surface area contributed by atoms with E-state index < -0.39 is 0 Å². The maximum Gasteiger partial charge on any atom is 0.226 e. The first-order valence-electron chi connectivity index (χ1n) is 12.4. The molecule has 0 spiro atoms. The van der Waals surface area contributed by atoms with Gasteiger partial charge in [-0.2, -0.15) is 0 Å². The van der Waals surface area contributed by atoms with Crippen molar-refractivity contribution in [2.75, 3.05) is 10.2 Å². The molecule has 1 amide bonds. The molecular formula is C29H30N6OS. The number of nitrogens with zero attached hydrogens (tertiary/aromatic N) is 4. The summed E-state index contributed by atoms with van der Waals surface area (Å²) in [6.45, 7) is 6.47. The van der Waals surface area contributed by atoms with Crippen LogP contribution in [0.2, 0.25) is 0 Å². The summed E-state index contributed by atoms with van der Waals surface area (Å²) in [5, 5.41) is 7.18. The molecule has 3 aromatic heterocycles. The van der Waals surface area contributed by atoms with Crippen molar-refractivity contribution in [3.8, 4) is 0 Å². The first-order chi connectivity index (χ1) is 17.9. The van der Waals surface area contributed by atoms with Crippen LogP contribution < -0.4 is 15.5 Å². The Bertz CT molecular complexity index is 1400. The number of thiocarbonyl (C=S) groups is 1. The standard InChI is InChI=1S/C29H30N6OS/c1-19(2)28(36)32-23-12-11-22(16-20(23)3)35-27(26(33-29(35)37)24-9-4-5-14-31-24)25-10-7-15-34(25)18-21-8-6-13-30-17-21/h4-17,19,26-27H,18H2,1-3H3,(H,32,36)(H,33,37)/t26-,27+/m1/s1. The molecule has 4 aromatic rings. The second-order valence-corrected chi connectivity index (χ2v) is 9.95. The summed E-state index contributed by atoms with van der Waals surface area (Å²) in [6.07, 6.45) is 7.58. The molecule has 1 aliphatic rings. The van der Waals surface area contributed by atoms with Crippen LogP contribution in [0.1, 0.15) is 48.4 Å². The van der Waals surface area contributed by atoms with Gasteiger partial charge in [0.2, 0.25) is 5.91 Å². The van der Waals surface area contributed by atoms with Crippen molar-refractivity contribution in [2.24, 2.45) is 5.92 Å². The van der Waals surface area contributed by atoms with Crippen molar-refractivity contribution < 1.29 is 4.79 Å². The molecule has 4 heterocycles. The lowest BCUT2D eigenvalue weighted by molar-refractivity contribution is -0.118. The van der Waals surface area contributed by atoms with Crippen LogP contribution in [0, 0.1) is 12.8 Å². The minimum Gasteiger partial charge on any atom is -0.351 e. The van der Waals surface area contributed by atoms with Crippen molar-refractivity contribution in [1.29, 1.82) is 0 Å². The smallest absolute Gasteiger partial charge is 0.226 e. The van der Waals surface area contributed by atoms with Crippen molar-refractivity contribution >= 4 is 34.6 Å². The van der Waals surface area contributed by atoms with Gasteiger partial charge in [-0.25, -0.2) is 0 Å². The Hall–Kier alpha value is -4.04. The van der Waals surface area contributed by atoms with Gasteiger partial charge >= 0.3 is 0 Å². The second-order valence-electron chi connectivity index (χ2n) is 9.56. The number of pyridine rings is 2. The van der Waals surface area contributed by atoms with E-state index in [1.54, 1.807) is 6.20 Å². The zero-order valence-corrected chi connectivity index (χ0v) is 21.9. The molecule has 0 saturated carbocycles. The van der Waals surface area contributed by atoms with Gasteiger partial charge in [-0.15, -0.1) is 0 Å². The summed E-state index contributed by atoms with van der Waals surface area (Å²) in [7, 11) is 0. The van der Waals surface area contributed by atoms with E-state index in [9.17, 15) is 4.79 Å². The van der Waals surface area contributed by atoms with Gasteiger partial charge in [0.25, 0.3) is 0 Å². The number of hydrogen-bond acceptors (Lipinski definition) is 4. The van der Waals surface area contributed by atoms with Gasteiger partial charge in [0.15, 0.2) is 5.11 Å². The highest BCUT2D eigenvalue weighted by molar-refractivity contribution is 7.80. The SMILES string of the molecule is Cc1cc(N2C(=S)N[C@H](c3ccccn3)[C@@H]2c2cccn2Cc2cccnc2)ccc1NC(=O)C(C)C. The molecule has 5 rings (SSSR count). The van der Waals surface area contributed by atoms with Gasteiger partial charge < -0.3 is 20.1 Å². The molecule has 1 aliphatic heterocycles. The lowest BCUT2D eigenvalue weighted by Gasteiger charge is -2.29. The molecule has 37 heavy (non-hydrogen) atoms. The van der Waals surface area contributed by atoms with E-state index in [1.165, 1.54) is 0 Å². The van der Waals surface area contributed by atoms with E-state index in [2.05, 4.69) is 60.5 Å². The molecule has 0 radical (unpaired) electrons. The highest BCUT2D eigenvalue weighted by atomic mass is 32.1. The van der Waals surface area contributed by atoms with Crippen LogP contribution >= 0.6 is 12.2 Å². The Labute approximate surface area is 222 Å². The van der Waals surface area contributed by atoms with E-state index in [-0.39, 0.29) is 23.9 Å². The van der Waals surface area contributed by atoms with Gasteiger partial charge in [0.05, 0.1) is 11.7 Å². The first kappa shape index (κ1) is 24.6. The molecule has 0 bridgehead atoms. The quantitative estimate of drug-likeness (QED) is 0.324. The highest BCUT2D eigenvalue weighted by Crippen LogP contribution is 2.42.